The van der Waals surface area contributed by atoms with Crippen molar-refractivity contribution in [2.75, 3.05) is 0 Å². The number of aromatic nitrogens is 1. The Bertz CT molecular complexity index is 576. The molecule has 0 amide bonds. The van der Waals surface area contributed by atoms with E-state index < -0.39 is 6.10 Å². The van der Waals surface area contributed by atoms with Gasteiger partial charge >= 0.3 is 0 Å². The van der Waals surface area contributed by atoms with Crippen LogP contribution in [0.3, 0.4) is 0 Å². The summed E-state index contributed by atoms with van der Waals surface area (Å²) in [5.74, 6) is 0.122. The lowest BCUT2D eigenvalue weighted by Gasteiger charge is -2.23. The highest BCUT2D eigenvalue weighted by atomic mass is 16.3. The highest BCUT2D eigenvalue weighted by Gasteiger charge is 2.27. The Balaban J connectivity index is 1.94. The number of benzene rings is 1. The predicted molar refractivity (Wildman–Crippen MR) is 80.7 cm³/mol. The highest BCUT2D eigenvalue weighted by Crippen LogP contribution is 2.38. The molecule has 0 spiro atoms. The van der Waals surface area contributed by atoms with Crippen LogP contribution >= 0.6 is 0 Å². The number of hydrogen-bond donors (Lipinski definition) is 1. The molecular weight excluding hydrogens is 246 g/mol. The Labute approximate surface area is 120 Å². The number of aryl methyl sites for hydroxylation is 2. The van der Waals surface area contributed by atoms with Gasteiger partial charge in [-0.25, -0.2) is 0 Å². The first-order valence-corrected chi connectivity index (χ1v) is 7.44. The van der Waals surface area contributed by atoms with Crippen molar-refractivity contribution in [3.05, 3.63) is 65.0 Å². The van der Waals surface area contributed by atoms with Gasteiger partial charge in [0, 0.05) is 17.8 Å². The number of pyridine rings is 1. The molecule has 0 saturated heterocycles. The summed E-state index contributed by atoms with van der Waals surface area (Å²) in [6.45, 7) is 2.07. The summed E-state index contributed by atoms with van der Waals surface area (Å²) < 4.78 is 0. The molecule has 3 rings (SSSR count). The lowest BCUT2D eigenvalue weighted by molar-refractivity contribution is 0.138. The van der Waals surface area contributed by atoms with E-state index in [2.05, 4.69) is 30.1 Å². The van der Waals surface area contributed by atoms with Crippen LogP contribution in [-0.4, -0.2) is 10.1 Å². The second-order valence-electron chi connectivity index (χ2n) is 5.76. The standard InChI is InChI=1S/C18H21NO/c1-13-8-10-15(11-9-13)18(20)16-7-3-2-5-14-6-4-12-19-17(14)16/h4,6,8-12,16,18,20H,2-3,5,7H2,1H3/t16-,18+/m1/s1. The van der Waals surface area contributed by atoms with Crippen molar-refractivity contribution in [3.8, 4) is 0 Å². The summed E-state index contributed by atoms with van der Waals surface area (Å²) in [4.78, 5) is 4.56. The van der Waals surface area contributed by atoms with Crippen molar-refractivity contribution in [1.29, 1.82) is 0 Å². The van der Waals surface area contributed by atoms with Crippen LogP contribution in [0.1, 0.15) is 53.7 Å². The van der Waals surface area contributed by atoms with Gasteiger partial charge < -0.3 is 5.11 Å². The number of aliphatic hydroxyl groups is 1. The third kappa shape index (κ3) is 2.61. The summed E-state index contributed by atoms with van der Waals surface area (Å²) >= 11 is 0. The van der Waals surface area contributed by atoms with Gasteiger partial charge in [0.1, 0.15) is 0 Å². The van der Waals surface area contributed by atoms with Gasteiger partial charge in [-0.2, -0.15) is 0 Å². The zero-order valence-corrected chi connectivity index (χ0v) is 11.9. The van der Waals surface area contributed by atoms with Crippen molar-refractivity contribution in [2.45, 2.75) is 44.6 Å². The van der Waals surface area contributed by atoms with Gasteiger partial charge in [0.25, 0.3) is 0 Å². The topological polar surface area (TPSA) is 33.1 Å². The number of aliphatic hydroxyl groups excluding tert-OH is 1. The van der Waals surface area contributed by atoms with Gasteiger partial charge in [-0.1, -0.05) is 42.3 Å². The maximum Gasteiger partial charge on any atom is 0.0873 e. The van der Waals surface area contributed by atoms with Crippen LogP contribution in [0.2, 0.25) is 0 Å². The maximum atomic E-state index is 10.8. The number of fused-ring (bicyclic) bond motifs is 1. The van der Waals surface area contributed by atoms with Crippen LogP contribution < -0.4 is 0 Å². The normalized spacial score (nSPS) is 20.0. The molecule has 2 atom stereocenters. The quantitative estimate of drug-likeness (QED) is 0.836. The highest BCUT2D eigenvalue weighted by molar-refractivity contribution is 5.30. The first kappa shape index (κ1) is 13.3. The third-order valence-corrected chi connectivity index (χ3v) is 4.29. The number of rotatable bonds is 2. The van der Waals surface area contributed by atoms with Crippen LogP contribution in [-0.2, 0) is 6.42 Å². The summed E-state index contributed by atoms with van der Waals surface area (Å²) in [5, 5.41) is 10.8. The predicted octanol–water partition coefficient (Wildman–Crippen LogP) is 3.93. The van der Waals surface area contributed by atoms with Crippen molar-refractivity contribution in [1.82, 2.24) is 4.98 Å². The van der Waals surface area contributed by atoms with E-state index in [1.807, 2.05) is 24.4 Å². The van der Waals surface area contributed by atoms with E-state index in [1.54, 1.807) is 0 Å². The molecular formula is C18H21NO. The average Bonchev–Trinajstić information content (AvgIpc) is 2.69. The van der Waals surface area contributed by atoms with Crippen molar-refractivity contribution in [2.24, 2.45) is 0 Å². The molecule has 1 heterocycles. The van der Waals surface area contributed by atoms with Crippen LogP contribution in [0.4, 0.5) is 0 Å². The molecule has 0 aliphatic heterocycles. The van der Waals surface area contributed by atoms with E-state index in [0.717, 1.165) is 30.5 Å². The molecule has 0 saturated carbocycles. The Morgan fingerprint density at radius 1 is 1.15 bits per heavy atom. The van der Waals surface area contributed by atoms with Crippen LogP contribution in [0.25, 0.3) is 0 Å². The van der Waals surface area contributed by atoms with Gasteiger partial charge in [-0.3, -0.25) is 4.98 Å². The maximum absolute atomic E-state index is 10.8. The van der Waals surface area contributed by atoms with Crippen LogP contribution in [0, 0.1) is 6.92 Å². The van der Waals surface area contributed by atoms with Crippen LogP contribution in [0.15, 0.2) is 42.6 Å². The second kappa shape index (κ2) is 5.76. The van der Waals surface area contributed by atoms with Crippen molar-refractivity contribution >= 4 is 0 Å². The summed E-state index contributed by atoms with van der Waals surface area (Å²) in [7, 11) is 0. The molecule has 1 aliphatic carbocycles. The number of nitrogens with zero attached hydrogens (tertiary/aromatic N) is 1. The zero-order chi connectivity index (χ0) is 13.9. The molecule has 0 fully saturated rings. The van der Waals surface area contributed by atoms with Gasteiger partial charge in [-0.05, 0) is 43.4 Å². The monoisotopic (exact) mass is 267 g/mol. The Kier molecular flexibility index (Phi) is 3.83. The fourth-order valence-corrected chi connectivity index (χ4v) is 3.12. The Morgan fingerprint density at radius 3 is 2.75 bits per heavy atom. The molecule has 0 radical (unpaired) electrons. The first-order valence-electron chi connectivity index (χ1n) is 7.44. The summed E-state index contributed by atoms with van der Waals surface area (Å²) in [6, 6.07) is 12.4. The minimum Gasteiger partial charge on any atom is -0.388 e. The smallest absolute Gasteiger partial charge is 0.0873 e. The Morgan fingerprint density at radius 2 is 1.95 bits per heavy atom. The van der Waals surface area contributed by atoms with E-state index in [-0.39, 0.29) is 5.92 Å². The molecule has 1 N–H and O–H groups in total. The first-order chi connectivity index (χ1) is 9.75. The molecule has 2 nitrogen and oxygen atoms in total. The van der Waals surface area contributed by atoms with E-state index >= 15 is 0 Å². The summed E-state index contributed by atoms with van der Waals surface area (Å²) in [5.41, 5.74) is 4.62. The third-order valence-electron chi connectivity index (χ3n) is 4.29. The van der Waals surface area contributed by atoms with Crippen molar-refractivity contribution < 1.29 is 5.11 Å². The molecule has 20 heavy (non-hydrogen) atoms. The molecule has 1 aromatic heterocycles. The average molecular weight is 267 g/mol. The van der Waals surface area contributed by atoms with Gasteiger partial charge in [0.2, 0.25) is 0 Å². The van der Waals surface area contributed by atoms with E-state index in [9.17, 15) is 5.11 Å². The van der Waals surface area contributed by atoms with Gasteiger partial charge in [-0.15, -0.1) is 0 Å². The molecule has 2 heteroatoms. The summed E-state index contributed by atoms with van der Waals surface area (Å²) in [6.07, 6.45) is 5.83. The minimum absolute atomic E-state index is 0.122. The fraction of sp³-hybridized carbons (Fsp3) is 0.389. The molecule has 0 bridgehead atoms. The molecule has 0 unspecified atom stereocenters. The molecule has 1 aliphatic rings. The lowest BCUT2D eigenvalue weighted by Crippen LogP contribution is -2.13. The van der Waals surface area contributed by atoms with Crippen LogP contribution in [0.5, 0.6) is 0 Å². The second-order valence-corrected chi connectivity index (χ2v) is 5.76. The minimum atomic E-state index is -0.456. The Hall–Kier alpha value is -1.67. The van der Waals surface area contributed by atoms with Crippen molar-refractivity contribution in [3.63, 3.8) is 0 Å². The number of hydrogen-bond acceptors (Lipinski definition) is 2. The molecule has 104 valence electrons. The van der Waals surface area contributed by atoms with E-state index in [0.29, 0.717) is 0 Å². The molecule has 2 aromatic rings. The molecule has 1 aromatic carbocycles. The van der Waals surface area contributed by atoms with Gasteiger partial charge in [0.05, 0.1) is 6.10 Å². The fourth-order valence-electron chi connectivity index (χ4n) is 3.12. The zero-order valence-electron chi connectivity index (χ0n) is 11.9. The van der Waals surface area contributed by atoms with E-state index in [4.69, 9.17) is 0 Å². The lowest BCUT2D eigenvalue weighted by atomic mass is 9.88. The SMILES string of the molecule is Cc1ccc([C@H](O)[C@@H]2CCCCc3cccnc32)cc1. The largest absolute Gasteiger partial charge is 0.388 e. The van der Waals surface area contributed by atoms with Gasteiger partial charge in [0.15, 0.2) is 0 Å². The van der Waals surface area contributed by atoms with E-state index in [1.165, 1.54) is 17.5 Å².